The van der Waals surface area contributed by atoms with Crippen LogP contribution in [0.5, 0.6) is 0 Å². The number of carboxylic acid groups (broad SMARTS) is 2. The molecule has 9 heteroatoms. The molecule has 0 aromatic carbocycles. The summed E-state index contributed by atoms with van der Waals surface area (Å²) in [5.41, 5.74) is 8.94. The van der Waals surface area contributed by atoms with Gasteiger partial charge in [-0.3, -0.25) is 0 Å². The summed E-state index contributed by atoms with van der Waals surface area (Å²) in [7, 11) is 0. The Balaban J connectivity index is 0. The average molecular weight is 485 g/mol. The van der Waals surface area contributed by atoms with E-state index in [0.29, 0.717) is 0 Å². The van der Waals surface area contributed by atoms with E-state index in [1.54, 1.807) is 0 Å². The molecule has 0 heterocycles. The number of aliphatic carboxylic acids is 2. The summed E-state index contributed by atoms with van der Waals surface area (Å²) in [6.45, 7) is 1.67. The Hall–Kier alpha value is -0.532. The normalized spacial score (nSPS) is 25.7. The summed E-state index contributed by atoms with van der Waals surface area (Å²) >= 11 is 0. The fourth-order valence-corrected chi connectivity index (χ4v) is 2.42. The second-order valence-electron chi connectivity index (χ2n) is 5.29. The maximum absolute atomic E-state index is 10.2. The van der Waals surface area contributed by atoms with Crippen molar-refractivity contribution < 1.29 is 51.5 Å². The van der Waals surface area contributed by atoms with Crippen LogP contribution in [0, 0.1) is 17.3 Å². The van der Waals surface area contributed by atoms with Crippen LogP contribution in [0.15, 0.2) is 0 Å². The Labute approximate surface area is 137 Å². The summed E-state index contributed by atoms with van der Waals surface area (Å²) in [6.07, 6.45) is 1.14. The van der Waals surface area contributed by atoms with Crippen LogP contribution >= 0.6 is 0 Å². The maximum atomic E-state index is 10.2. The molecule has 0 bridgehead atoms. The Morgan fingerprint density at radius 2 is 1.38 bits per heavy atom. The van der Waals surface area contributed by atoms with Crippen LogP contribution < -0.4 is 21.7 Å². The summed E-state index contributed by atoms with van der Waals surface area (Å²) in [5.74, 6) is -1.86. The molecule has 0 saturated heterocycles. The Kier molecular flexibility index (Phi) is 10.3. The third-order valence-corrected chi connectivity index (χ3v) is 4.13. The van der Waals surface area contributed by atoms with Gasteiger partial charge in [-0.1, -0.05) is 0 Å². The average Bonchev–Trinajstić information content (AvgIpc) is 2.24. The van der Waals surface area contributed by atoms with Crippen molar-refractivity contribution in [2.45, 2.75) is 31.8 Å². The molecule has 2 fully saturated rings. The number of carbonyl (C=O) groups is 2. The minimum atomic E-state index is -1.95. The maximum Gasteiger partial charge on any atom is 2.00 e. The third kappa shape index (κ3) is 5.00. The zero-order chi connectivity index (χ0) is 14.6. The molecule has 2 saturated carbocycles. The van der Waals surface area contributed by atoms with Gasteiger partial charge in [0.1, 0.15) is 0 Å². The Morgan fingerprint density at radius 1 is 1.05 bits per heavy atom. The molecular weight excluding hydrogens is 463 g/mol. The van der Waals surface area contributed by atoms with Gasteiger partial charge in [-0.2, -0.15) is 0 Å². The number of nitrogens with two attached hydrogens (primary N) is 2. The molecule has 0 amide bonds. The monoisotopic (exact) mass is 485 g/mol. The first-order valence-electron chi connectivity index (χ1n) is 6.38. The molecule has 0 radical (unpaired) electrons. The van der Waals surface area contributed by atoms with E-state index in [0.717, 1.165) is 24.9 Å². The third-order valence-electron chi connectivity index (χ3n) is 4.13. The van der Waals surface area contributed by atoms with Gasteiger partial charge < -0.3 is 41.9 Å². The number of hydrogen-bond donors (Lipinski definition) is 3. The van der Waals surface area contributed by atoms with E-state index in [-0.39, 0.29) is 39.4 Å². The summed E-state index contributed by atoms with van der Waals surface area (Å²) in [6, 6.07) is 0. The zero-order valence-corrected chi connectivity index (χ0v) is 13.8. The van der Waals surface area contributed by atoms with Crippen molar-refractivity contribution >= 4 is 11.9 Å². The molecule has 2 unspecified atom stereocenters. The van der Waals surface area contributed by atoms with Gasteiger partial charge in [0, 0.05) is 0 Å². The van der Waals surface area contributed by atoms with Gasteiger partial charge in [0.05, 0.1) is 23.5 Å². The Morgan fingerprint density at radius 3 is 1.48 bits per heavy atom. The molecule has 2 aliphatic rings. The van der Waals surface area contributed by atoms with E-state index in [4.69, 9.17) is 16.6 Å². The van der Waals surface area contributed by atoms with Crippen LogP contribution in [0.3, 0.4) is 0 Å². The molecule has 8 nitrogen and oxygen atoms in total. The number of carboxylic acids is 2. The number of carbonyl (C=O) groups excluding carboxylic acids is 2. The molecule has 0 spiro atoms. The van der Waals surface area contributed by atoms with Crippen LogP contribution in [-0.4, -0.2) is 41.7 Å². The van der Waals surface area contributed by atoms with Crippen molar-refractivity contribution in [3.05, 3.63) is 0 Å². The van der Waals surface area contributed by atoms with E-state index in [9.17, 15) is 19.8 Å². The summed E-state index contributed by atoms with van der Waals surface area (Å²) in [5, 5.41) is 29.2. The number of aliphatic hydroxyl groups excluding tert-OH is 1. The largest absolute Gasteiger partial charge is 2.00 e. The number of hydrogen-bond acceptors (Lipinski definition) is 7. The van der Waals surface area contributed by atoms with Crippen LogP contribution in [0.25, 0.3) is 0 Å². The minimum Gasteiger partial charge on any atom is -0.549 e. The van der Waals surface area contributed by atoms with E-state index in [1.165, 1.54) is 12.8 Å². The first-order chi connectivity index (χ1) is 8.87. The van der Waals surface area contributed by atoms with Crippen molar-refractivity contribution in [3.8, 4) is 0 Å². The van der Waals surface area contributed by atoms with Crippen molar-refractivity contribution in [2.24, 2.45) is 28.7 Å². The molecule has 7 N–H and O–H groups in total. The standard InChI is InChI=1S/C6H14N2.C6H8O5.H2O.Pt/c7-3-5-1-2-6(5)4-8;7-3-1-6(2-3,4(8)9)5(10)11;;/h5-6H,1-4,7-8H2;3,7H,1-2H2,(H,8,9)(H,10,11);1H2;/q;;;+2/p-2. The predicted molar refractivity (Wildman–Crippen MR) is 65.6 cm³/mol. The smallest absolute Gasteiger partial charge is 0.549 e. The van der Waals surface area contributed by atoms with Gasteiger partial charge >= 0.3 is 21.1 Å². The Bertz CT molecular complexity index is 319. The quantitative estimate of drug-likeness (QED) is 0.337. The molecule has 0 aromatic rings. The predicted octanol–water partition coefficient (Wildman–Crippen LogP) is -4.27. The van der Waals surface area contributed by atoms with E-state index < -0.39 is 23.5 Å². The minimum absolute atomic E-state index is 0. The van der Waals surface area contributed by atoms with Gasteiger partial charge in [0.15, 0.2) is 0 Å². The molecule has 21 heavy (non-hydrogen) atoms. The van der Waals surface area contributed by atoms with Gasteiger partial charge in [-0.25, -0.2) is 0 Å². The fourth-order valence-electron chi connectivity index (χ4n) is 2.42. The van der Waals surface area contributed by atoms with Gasteiger partial charge in [-0.15, -0.1) is 0 Å². The molecule has 0 aromatic heterocycles. The summed E-state index contributed by atoms with van der Waals surface area (Å²) in [4.78, 5) is 20.5. The van der Waals surface area contributed by atoms with Crippen molar-refractivity contribution in [2.75, 3.05) is 13.1 Å². The SMILES string of the molecule is NCC1CCC1CN.O.O=C([O-])C1(C(=O)[O-])CC(O)C1.[Pt+2]. The zero-order valence-electron chi connectivity index (χ0n) is 11.5. The molecule has 2 rings (SSSR count). The van der Waals surface area contributed by atoms with E-state index in [2.05, 4.69) is 0 Å². The molecule has 2 aliphatic carbocycles. The summed E-state index contributed by atoms with van der Waals surface area (Å²) < 4.78 is 0. The second kappa shape index (κ2) is 9.48. The number of rotatable bonds is 4. The van der Waals surface area contributed by atoms with Gasteiger partial charge in [-0.05, 0) is 50.6 Å². The van der Waals surface area contributed by atoms with Crippen LogP contribution in [0.2, 0.25) is 0 Å². The molecule has 126 valence electrons. The van der Waals surface area contributed by atoms with E-state index in [1.807, 2.05) is 0 Å². The molecule has 0 aliphatic heterocycles. The van der Waals surface area contributed by atoms with Crippen LogP contribution in [0.4, 0.5) is 0 Å². The first kappa shape index (κ1) is 22.7. The fraction of sp³-hybridized carbons (Fsp3) is 0.833. The second-order valence-corrected chi connectivity index (χ2v) is 5.29. The topological polar surface area (TPSA) is 184 Å². The molecule has 2 atom stereocenters. The first-order valence-corrected chi connectivity index (χ1v) is 6.38. The van der Waals surface area contributed by atoms with Crippen LogP contribution in [-0.2, 0) is 30.7 Å². The van der Waals surface area contributed by atoms with Crippen molar-refractivity contribution in [1.29, 1.82) is 0 Å². The van der Waals surface area contributed by atoms with Gasteiger partial charge in [0.2, 0.25) is 0 Å². The van der Waals surface area contributed by atoms with Crippen molar-refractivity contribution in [3.63, 3.8) is 0 Å². The van der Waals surface area contributed by atoms with Crippen LogP contribution in [0.1, 0.15) is 25.7 Å². The van der Waals surface area contributed by atoms with Crippen molar-refractivity contribution in [1.82, 2.24) is 0 Å². The molecular formula is C12H22N2O6Pt. The van der Waals surface area contributed by atoms with E-state index >= 15 is 0 Å². The van der Waals surface area contributed by atoms with Gasteiger partial charge in [0.25, 0.3) is 0 Å². The number of aliphatic hydroxyl groups is 1.